The number of carbonyl (C=O) groups excluding carboxylic acids is 1. The van der Waals surface area contributed by atoms with Crippen LogP contribution >= 0.6 is 0 Å². The fourth-order valence-corrected chi connectivity index (χ4v) is 1.79. The molecule has 0 heterocycles. The van der Waals surface area contributed by atoms with Crippen molar-refractivity contribution in [1.82, 2.24) is 5.32 Å². The molecule has 0 fully saturated rings. The first kappa shape index (κ1) is 14.6. The molecule has 0 atom stereocenters. The van der Waals surface area contributed by atoms with Gasteiger partial charge in [-0.25, -0.2) is 4.39 Å². The number of nitrogens with one attached hydrogen (secondary N) is 1. The van der Waals surface area contributed by atoms with Crippen LogP contribution in [0.3, 0.4) is 0 Å². The zero-order valence-corrected chi connectivity index (χ0v) is 11.1. The van der Waals surface area contributed by atoms with Crippen LogP contribution in [0.5, 0.6) is 0 Å². The molecule has 0 aliphatic heterocycles. The number of hydrogen-bond acceptors (Lipinski definition) is 2. The van der Waals surface area contributed by atoms with Crippen molar-refractivity contribution in [3.8, 4) is 0 Å². The third kappa shape index (κ3) is 3.07. The summed E-state index contributed by atoms with van der Waals surface area (Å²) in [5.74, 6) is -0.609. The Bertz CT molecular complexity index is 420. The van der Waals surface area contributed by atoms with Crippen molar-refractivity contribution in [1.29, 1.82) is 0 Å². The largest absolute Gasteiger partial charge is 0.394 e. The lowest BCUT2D eigenvalue weighted by Gasteiger charge is -2.30. The summed E-state index contributed by atoms with van der Waals surface area (Å²) in [6.07, 6.45) is 1.29. The molecule has 100 valence electrons. The fraction of sp³-hybridized carbons (Fsp3) is 0.500. The Kier molecular flexibility index (Phi) is 4.84. The highest BCUT2D eigenvalue weighted by molar-refractivity contribution is 5.94. The van der Waals surface area contributed by atoms with Crippen LogP contribution in [0.15, 0.2) is 18.2 Å². The fourth-order valence-electron chi connectivity index (χ4n) is 1.79. The standard InChI is InChI=1S/C14H20FNO2/c1-4-14(5-2,9-17)16-13(18)11-6-7-12(15)10(3)8-11/h6-8,17H,4-5,9H2,1-3H3,(H,16,18). The van der Waals surface area contributed by atoms with Crippen molar-refractivity contribution in [2.75, 3.05) is 6.61 Å². The predicted molar refractivity (Wildman–Crippen MR) is 69.0 cm³/mol. The summed E-state index contributed by atoms with van der Waals surface area (Å²) < 4.78 is 13.1. The number of aliphatic hydroxyl groups is 1. The highest BCUT2D eigenvalue weighted by atomic mass is 19.1. The molecule has 0 bridgehead atoms. The molecule has 0 aliphatic rings. The lowest BCUT2D eigenvalue weighted by Crippen LogP contribution is -2.50. The van der Waals surface area contributed by atoms with Crippen molar-refractivity contribution < 1.29 is 14.3 Å². The third-order valence-corrected chi connectivity index (χ3v) is 3.46. The Morgan fingerprint density at radius 2 is 2.00 bits per heavy atom. The second kappa shape index (κ2) is 5.96. The number of carbonyl (C=O) groups is 1. The SMILES string of the molecule is CCC(CC)(CO)NC(=O)c1ccc(F)c(C)c1. The summed E-state index contributed by atoms with van der Waals surface area (Å²) in [6, 6.07) is 4.24. The van der Waals surface area contributed by atoms with E-state index in [4.69, 9.17) is 0 Å². The van der Waals surface area contributed by atoms with E-state index in [1.165, 1.54) is 18.2 Å². The molecule has 1 amide bonds. The predicted octanol–water partition coefficient (Wildman–Crippen LogP) is 2.42. The van der Waals surface area contributed by atoms with E-state index < -0.39 is 5.54 Å². The first-order valence-corrected chi connectivity index (χ1v) is 6.17. The number of rotatable bonds is 5. The number of amides is 1. The van der Waals surface area contributed by atoms with Gasteiger partial charge in [-0.2, -0.15) is 0 Å². The quantitative estimate of drug-likeness (QED) is 0.846. The summed E-state index contributed by atoms with van der Waals surface area (Å²) in [5.41, 5.74) is 0.248. The van der Waals surface area contributed by atoms with Crippen molar-refractivity contribution >= 4 is 5.91 Å². The van der Waals surface area contributed by atoms with Gasteiger partial charge in [-0.05, 0) is 43.5 Å². The van der Waals surface area contributed by atoms with E-state index in [-0.39, 0.29) is 18.3 Å². The van der Waals surface area contributed by atoms with Crippen LogP contribution in [0.1, 0.15) is 42.6 Å². The molecule has 1 rings (SSSR count). The van der Waals surface area contributed by atoms with Crippen LogP contribution in [-0.4, -0.2) is 23.2 Å². The van der Waals surface area contributed by atoms with Crippen LogP contribution in [-0.2, 0) is 0 Å². The van der Waals surface area contributed by atoms with Gasteiger partial charge in [0.25, 0.3) is 5.91 Å². The highest BCUT2D eigenvalue weighted by Gasteiger charge is 2.27. The normalized spacial score (nSPS) is 11.4. The lowest BCUT2D eigenvalue weighted by atomic mass is 9.93. The van der Waals surface area contributed by atoms with Crippen molar-refractivity contribution in [3.05, 3.63) is 35.1 Å². The topological polar surface area (TPSA) is 49.3 Å². The molecule has 0 spiro atoms. The van der Waals surface area contributed by atoms with Crippen molar-refractivity contribution in [2.45, 2.75) is 39.2 Å². The molecule has 0 saturated carbocycles. The van der Waals surface area contributed by atoms with Crippen LogP contribution in [0.25, 0.3) is 0 Å². The number of halogens is 1. The Balaban J connectivity index is 2.90. The smallest absolute Gasteiger partial charge is 0.251 e. The zero-order valence-electron chi connectivity index (χ0n) is 11.1. The maximum absolute atomic E-state index is 13.1. The molecule has 1 aromatic carbocycles. The number of aliphatic hydroxyl groups excluding tert-OH is 1. The molecule has 0 unspecified atom stereocenters. The molecule has 3 nitrogen and oxygen atoms in total. The molecular weight excluding hydrogens is 233 g/mol. The minimum atomic E-state index is -0.598. The molecule has 1 aromatic rings. The van der Waals surface area contributed by atoms with E-state index in [0.717, 1.165) is 0 Å². The van der Waals surface area contributed by atoms with Gasteiger partial charge >= 0.3 is 0 Å². The van der Waals surface area contributed by atoms with Gasteiger partial charge in [0.2, 0.25) is 0 Å². The molecule has 18 heavy (non-hydrogen) atoms. The Morgan fingerprint density at radius 3 is 2.44 bits per heavy atom. The van der Waals surface area contributed by atoms with E-state index in [2.05, 4.69) is 5.32 Å². The summed E-state index contributed by atoms with van der Waals surface area (Å²) in [6.45, 7) is 5.34. The molecule has 0 radical (unpaired) electrons. The van der Waals surface area contributed by atoms with Crippen molar-refractivity contribution in [2.24, 2.45) is 0 Å². The second-order valence-electron chi connectivity index (χ2n) is 4.56. The van der Waals surface area contributed by atoms with Gasteiger partial charge in [-0.3, -0.25) is 4.79 Å². The summed E-state index contributed by atoms with van der Waals surface area (Å²) in [5, 5.41) is 12.2. The van der Waals surface area contributed by atoms with Gasteiger partial charge in [0, 0.05) is 5.56 Å². The highest BCUT2D eigenvalue weighted by Crippen LogP contribution is 2.16. The number of aryl methyl sites for hydroxylation is 1. The van der Waals surface area contributed by atoms with Crippen LogP contribution in [0, 0.1) is 12.7 Å². The third-order valence-electron chi connectivity index (χ3n) is 3.46. The van der Waals surface area contributed by atoms with Gasteiger partial charge in [0.05, 0.1) is 12.1 Å². The average molecular weight is 253 g/mol. The zero-order chi connectivity index (χ0) is 13.8. The Hall–Kier alpha value is -1.42. The van der Waals surface area contributed by atoms with E-state index in [1.807, 2.05) is 13.8 Å². The van der Waals surface area contributed by atoms with Gasteiger partial charge in [0.15, 0.2) is 0 Å². The Labute approximate surface area is 107 Å². The van der Waals surface area contributed by atoms with Crippen molar-refractivity contribution in [3.63, 3.8) is 0 Å². The van der Waals surface area contributed by atoms with Gasteiger partial charge < -0.3 is 10.4 Å². The van der Waals surface area contributed by atoms with Crippen LogP contribution in [0.2, 0.25) is 0 Å². The maximum atomic E-state index is 13.1. The van der Waals surface area contributed by atoms with Gasteiger partial charge in [-0.15, -0.1) is 0 Å². The van der Waals surface area contributed by atoms with Crippen LogP contribution in [0.4, 0.5) is 4.39 Å². The number of hydrogen-bond donors (Lipinski definition) is 2. The Morgan fingerprint density at radius 1 is 1.39 bits per heavy atom. The monoisotopic (exact) mass is 253 g/mol. The molecule has 0 aromatic heterocycles. The molecule has 2 N–H and O–H groups in total. The minimum Gasteiger partial charge on any atom is -0.394 e. The number of benzene rings is 1. The van der Waals surface area contributed by atoms with E-state index in [9.17, 15) is 14.3 Å². The first-order chi connectivity index (χ1) is 8.48. The molecule has 0 saturated heterocycles. The summed E-state index contributed by atoms with van der Waals surface area (Å²) >= 11 is 0. The lowest BCUT2D eigenvalue weighted by molar-refractivity contribution is 0.0817. The van der Waals surface area contributed by atoms with Crippen LogP contribution < -0.4 is 5.32 Å². The van der Waals surface area contributed by atoms with Gasteiger partial charge in [0.1, 0.15) is 5.82 Å². The van der Waals surface area contributed by atoms with E-state index in [1.54, 1.807) is 6.92 Å². The maximum Gasteiger partial charge on any atom is 0.251 e. The summed E-state index contributed by atoms with van der Waals surface area (Å²) in [7, 11) is 0. The average Bonchev–Trinajstić information content (AvgIpc) is 2.39. The first-order valence-electron chi connectivity index (χ1n) is 6.17. The molecule has 0 aliphatic carbocycles. The molecule has 4 heteroatoms. The minimum absolute atomic E-state index is 0.105. The van der Waals surface area contributed by atoms with E-state index in [0.29, 0.717) is 24.0 Å². The van der Waals surface area contributed by atoms with E-state index >= 15 is 0 Å². The second-order valence-corrected chi connectivity index (χ2v) is 4.56. The molecular formula is C14H20FNO2. The van der Waals surface area contributed by atoms with Gasteiger partial charge in [-0.1, -0.05) is 13.8 Å². The summed E-state index contributed by atoms with van der Waals surface area (Å²) in [4.78, 5) is 12.1.